The maximum atomic E-state index is 12.6. The van der Waals surface area contributed by atoms with Gasteiger partial charge in [0, 0.05) is 31.0 Å². The van der Waals surface area contributed by atoms with E-state index in [0.29, 0.717) is 0 Å². The third-order valence-electron chi connectivity index (χ3n) is 5.20. The number of amides is 1. The molecule has 3 unspecified atom stereocenters. The Labute approximate surface area is 164 Å². The number of nitrogens with zero attached hydrogens (tertiary/aromatic N) is 3. The molecule has 146 valence electrons. The van der Waals surface area contributed by atoms with E-state index in [1.165, 1.54) is 0 Å². The number of rotatable bonds is 6. The minimum absolute atomic E-state index is 0.0265. The molecule has 3 atom stereocenters. The first kappa shape index (κ1) is 18.6. The number of benzene rings is 1. The van der Waals surface area contributed by atoms with Gasteiger partial charge < -0.3 is 9.88 Å². The summed E-state index contributed by atoms with van der Waals surface area (Å²) >= 11 is 0. The number of carbonyl (C=O) groups is 1. The van der Waals surface area contributed by atoms with Crippen molar-refractivity contribution < 1.29 is 4.79 Å². The van der Waals surface area contributed by atoms with Crippen LogP contribution in [0.1, 0.15) is 24.7 Å². The lowest BCUT2D eigenvalue weighted by molar-refractivity contribution is -0.123. The molecule has 4 rings (SSSR count). The maximum Gasteiger partial charge on any atom is 0.238 e. The van der Waals surface area contributed by atoms with E-state index in [0.717, 1.165) is 41.8 Å². The number of hydrazine groups is 1. The molecule has 1 aliphatic heterocycles. The fraction of sp³-hybridized carbons (Fsp3) is 0.381. The summed E-state index contributed by atoms with van der Waals surface area (Å²) in [5.41, 5.74) is 9.67. The van der Waals surface area contributed by atoms with E-state index < -0.39 is 0 Å². The zero-order valence-electron chi connectivity index (χ0n) is 16.2. The molecule has 1 fully saturated rings. The van der Waals surface area contributed by atoms with E-state index in [-0.39, 0.29) is 24.0 Å². The average Bonchev–Trinajstić information content (AvgIpc) is 3.28. The van der Waals surface area contributed by atoms with Crippen LogP contribution in [-0.4, -0.2) is 38.6 Å². The lowest BCUT2D eigenvalue weighted by Crippen LogP contribution is -2.46. The molecule has 7 heteroatoms. The van der Waals surface area contributed by atoms with Crippen LogP contribution in [0.5, 0.6) is 0 Å². The van der Waals surface area contributed by atoms with Gasteiger partial charge in [0.15, 0.2) is 0 Å². The number of fused-ring (bicyclic) bond motifs is 1. The minimum Gasteiger partial charge on any atom is -0.352 e. The molecule has 3 N–H and O–H groups in total. The lowest BCUT2D eigenvalue weighted by Gasteiger charge is -2.17. The van der Waals surface area contributed by atoms with Crippen LogP contribution >= 0.6 is 0 Å². The van der Waals surface area contributed by atoms with Crippen molar-refractivity contribution in [3.63, 3.8) is 0 Å². The first-order chi connectivity index (χ1) is 13.6. The van der Waals surface area contributed by atoms with Crippen molar-refractivity contribution in [1.82, 2.24) is 30.7 Å². The first-order valence-electron chi connectivity index (χ1n) is 9.72. The second kappa shape index (κ2) is 8.08. The molecule has 0 saturated carbocycles. The molecule has 1 saturated heterocycles. The van der Waals surface area contributed by atoms with E-state index in [2.05, 4.69) is 36.8 Å². The molecule has 1 aromatic carbocycles. The fourth-order valence-corrected chi connectivity index (χ4v) is 3.83. The molecule has 3 aromatic rings. The normalized spacial score (nSPS) is 20.4. The molecule has 0 aliphatic carbocycles. The van der Waals surface area contributed by atoms with Gasteiger partial charge in [-0.05, 0) is 50.5 Å². The summed E-state index contributed by atoms with van der Waals surface area (Å²) in [6, 6.07) is 12.1. The summed E-state index contributed by atoms with van der Waals surface area (Å²) in [7, 11) is 0. The third kappa shape index (κ3) is 4.05. The number of aryl methyl sites for hydroxylation is 1. The van der Waals surface area contributed by atoms with Gasteiger partial charge in [-0.25, -0.2) is 10.4 Å². The second-order valence-electron chi connectivity index (χ2n) is 7.51. The van der Waals surface area contributed by atoms with Crippen LogP contribution in [0.2, 0.25) is 0 Å². The largest absolute Gasteiger partial charge is 0.352 e. The summed E-state index contributed by atoms with van der Waals surface area (Å²) in [6.45, 7) is 4.81. The Morgan fingerprint density at radius 3 is 2.96 bits per heavy atom. The van der Waals surface area contributed by atoms with Crippen LogP contribution in [0.4, 0.5) is 0 Å². The smallest absolute Gasteiger partial charge is 0.238 e. The molecule has 2 aromatic heterocycles. The number of aromatic nitrogens is 3. The van der Waals surface area contributed by atoms with E-state index >= 15 is 0 Å². The molecule has 0 bridgehead atoms. The summed E-state index contributed by atoms with van der Waals surface area (Å²) in [5.74, 6) is 1.01. The molecule has 0 spiro atoms. The summed E-state index contributed by atoms with van der Waals surface area (Å²) in [4.78, 5) is 21.4. The fourth-order valence-electron chi connectivity index (χ4n) is 3.83. The SMILES string of the molecule is Cc1nc2ccccc2n1CC1CC(C(=O)NC(C)Cc2cccnc2)NN1. The third-order valence-corrected chi connectivity index (χ3v) is 5.20. The van der Waals surface area contributed by atoms with Crippen molar-refractivity contribution in [2.75, 3.05) is 0 Å². The highest BCUT2D eigenvalue weighted by atomic mass is 16.2. The number of hydrogen-bond acceptors (Lipinski definition) is 5. The Hall–Kier alpha value is -2.77. The van der Waals surface area contributed by atoms with Gasteiger partial charge >= 0.3 is 0 Å². The molecule has 3 heterocycles. The van der Waals surface area contributed by atoms with E-state index in [9.17, 15) is 4.79 Å². The number of pyridine rings is 1. The number of para-hydroxylation sites is 2. The Balaban J connectivity index is 1.33. The van der Waals surface area contributed by atoms with Crippen LogP contribution in [-0.2, 0) is 17.8 Å². The van der Waals surface area contributed by atoms with Crippen molar-refractivity contribution >= 4 is 16.9 Å². The summed E-state index contributed by atoms with van der Waals surface area (Å²) in [6.07, 6.45) is 5.10. The Bertz CT molecular complexity index is 954. The van der Waals surface area contributed by atoms with Crippen molar-refractivity contribution in [1.29, 1.82) is 0 Å². The molecule has 1 amide bonds. The van der Waals surface area contributed by atoms with Crippen LogP contribution in [0, 0.1) is 6.92 Å². The standard InChI is InChI=1S/C21H26N6O/c1-14(10-16-6-5-9-22-12-16)23-21(28)19-11-17(25-26-19)13-27-15(2)24-18-7-3-4-8-20(18)27/h3-9,12,14,17,19,25-26H,10-11,13H2,1-2H3,(H,23,28). The zero-order valence-corrected chi connectivity index (χ0v) is 16.2. The van der Waals surface area contributed by atoms with E-state index in [1.54, 1.807) is 6.20 Å². The Morgan fingerprint density at radius 2 is 2.14 bits per heavy atom. The van der Waals surface area contributed by atoms with Crippen molar-refractivity contribution in [2.24, 2.45) is 0 Å². The Kier molecular flexibility index (Phi) is 5.36. The lowest BCUT2D eigenvalue weighted by atomic mass is 10.1. The van der Waals surface area contributed by atoms with Crippen LogP contribution in [0.25, 0.3) is 11.0 Å². The molecule has 1 aliphatic rings. The first-order valence-corrected chi connectivity index (χ1v) is 9.72. The molecule has 0 radical (unpaired) electrons. The van der Waals surface area contributed by atoms with Gasteiger partial charge in [0.1, 0.15) is 11.9 Å². The van der Waals surface area contributed by atoms with Gasteiger partial charge in [0.05, 0.1) is 11.0 Å². The second-order valence-corrected chi connectivity index (χ2v) is 7.51. The summed E-state index contributed by atoms with van der Waals surface area (Å²) in [5, 5.41) is 3.10. The average molecular weight is 378 g/mol. The maximum absolute atomic E-state index is 12.6. The predicted molar refractivity (Wildman–Crippen MR) is 108 cm³/mol. The highest BCUT2D eigenvalue weighted by Crippen LogP contribution is 2.18. The highest BCUT2D eigenvalue weighted by molar-refractivity contribution is 5.82. The van der Waals surface area contributed by atoms with Gasteiger partial charge in [0.2, 0.25) is 5.91 Å². The number of imidazole rings is 1. The van der Waals surface area contributed by atoms with Gasteiger partial charge in [-0.15, -0.1) is 0 Å². The molecular weight excluding hydrogens is 352 g/mol. The number of carbonyl (C=O) groups excluding carboxylic acids is 1. The number of hydrogen-bond donors (Lipinski definition) is 3. The highest BCUT2D eigenvalue weighted by Gasteiger charge is 2.30. The Morgan fingerprint density at radius 1 is 1.29 bits per heavy atom. The van der Waals surface area contributed by atoms with Crippen molar-refractivity contribution in [3.8, 4) is 0 Å². The van der Waals surface area contributed by atoms with Crippen molar-refractivity contribution in [2.45, 2.75) is 51.4 Å². The van der Waals surface area contributed by atoms with Crippen LogP contribution in [0.15, 0.2) is 48.8 Å². The minimum atomic E-state index is -0.239. The van der Waals surface area contributed by atoms with E-state index in [1.807, 2.05) is 50.4 Å². The van der Waals surface area contributed by atoms with Gasteiger partial charge in [-0.1, -0.05) is 18.2 Å². The van der Waals surface area contributed by atoms with Gasteiger partial charge in [-0.2, -0.15) is 0 Å². The molecule has 28 heavy (non-hydrogen) atoms. The topological polar surface area (TPSA) is 83.9 Å². The van der Waals surface area contributed by atoms with Crippen LogP contribution < -0.4 is 16.2 Å². The molecular formula is C21H26N6O. The van der Waals surface area contributed by atoms with E-state index in [4.69, 9.17) is 0 Å². The number of nitrogens with one attached hydrogen (secondary N) is 3. The van der Waals surface area contributed by atoms with Gasteiger partial charge in [-0.3, -0.25) is 15.2 Å². The monoisotopic (exact) mass is 378 g/mol. The quantitative estimate of drug-likeness (QED) is 0.608. The zero-order chi connectivity index (χ0) is 19.5. The van der Waals surface area contributed by atoms with Crippen molar-refractivity contribution in [3.05, 3.63) is 60.2 Å². The summed E-state index contributed by atoms with van der Waals surface area (Å²) < 4.78 is 2.21. The molecule has 7 nitrogen and oxygen atoms in total. The van der Waals surface area contributed by atoms with Gasteiger partial charge in [0.25, 0.3) is 0 Å². The predicted octanol–water partition coefficient (Wildman–Crippen LogP) is 1.72. The van der Waals surface area contributed by atoms with Crippen LogP contribution in [0.3, 0.4) is 0 Å².